The van der Waals surface area contributed by atoms with Crippen molar-refractivity contribution in [3.8, 4) is 11.5 Å². The number of rotatable bonds is 8. The van der Waals surface area contributed by atoms with Gasteiger partial charge in [-0.1, -0.05) is 18.2 Å². The van der Waals surface area contributed by atoms with Gasteiger partial charge >= 0.3 is 0 Å². The SMILES string of the molecule is Cc1cccc(OCCOc2cccc(NCCN)c2)c1. The summed E-state index contributed by atoms with van der Waals surface area (Å²) in [6, 6.07) is 15.8. The van der Waals surface area contributed by atoms with Crippen LogP contribution in [-0.4, -0.2) is 26.3 Å². The Hall–Kier alpha value is -2.20. The first-order valence-corrected chi connectivity index (χ1v) is 7.14. The Balaban J connectivity index is 1.75. The molecular formula is C17H22N2O2. The van der Waals surface area contributed by atoms with Crippen molar-refractivity contribution in [3.05, 3.63) is 54.1 Å². The fraction of sp³-hybridized carbons (Fsp3) is 0.294. The van der Waals surface area contributed by atoms with Gasteiger partial charge in [0.2, 0.25) is 0 Å². The molecule has 2 aromatic carbocycles. The molecule has 0 bridgehead atoms. The third-order valence-electron chi connectivity index (χ3n) is 2.92. The molecule has 0 radical (unpaired) electrons. The molecule has 4 nitrogen and oxygen atoms in total. The standard InChI is InChI=1S/C17H22N2O2/c1-14-4-2-6-16(12-14)20-10-11-21-17-7-3-5-15(13-17)19-9-8-18/h2-7,12-13,19H,8-11,18H2,1H3. The predicted molar refractivity (Wildman–Crippen MR) is 86.2 cm³/mol. The van der Waals surface area contributed by atoms with E-state index in [1.807, 2.05) is 55.5 Å². The van der Waals surface area contributed by atoms with Crippen LogP contribution < -0.4 is 20.5 Å². The van der Waals surface area contributed by atoms with E-state index in [-0.39, 0.29) is 0 Å². The Bertz CT molecular complexity index is 558. The van der Waals surface area contributed by atoms with E-state index < -0.39 is 0 Å². The van der Waals surface area contributed by atoms with Gasteiger partial charge in [0.25, 0.3) is 0 Å². The van der Waals surface area contributed by atoms with Crippen LogP contribution in [0.4, 0.5) is 5.69 Å². The third kappa shape index (κ3) is 5.36. The summed E-state index contributed by atoms with van der Waals surface area (Å²) < 4.78 is 11.3. The van der Waals surface area contributed by atoms with Crippen LogP contribution in [0, 0.1) is 6.92 Å². The van der Waals surface area contributed by atoms with Gasteiger partial charge in [0.1, 0.15) is 24.7 Å². The largest absolute Gasteiger partial charge is 0.490 e. The molecule has 0 aliphatic rings. The molecule has 0 saturated carbocycles. The predicted octanol–water partition coefficient (Wildman–Crippen LogP) is 2.82. The van der Waals surface area contributed by atoms with E-state index in [0.29, 0.717) is 19.8 Å². The fourth-order valence-electron chi connectivity index (χ4n) is 1.94. The molecule has 0 fully saturated rings. The number of hydrogen-bond donors (Lipinski definition) is 2. The zero-order valence-corrected chi connectivity index (χ0v) is 12.3. The Morgan fingerprint density at radius 3 is 2.29 bits per heavy atom. The lowest BCUT2D eigenvalue weighted by Crippen LogP contribution is -2.13. The minimum absolute atomic E-state index is 0.508. The average molecular weight is 286 g/mol. The topological polar surface area (TPSA) is 56.5 Å². The Morgan fingerprint density at radius 2 is 1.62 bits per heavy atom. The Labute approximate surface area is 125 Å². The number of nitrogens with two attached hydrogens (primary N) is 1. The molecule has 2 aromatic rings. The van der Waals surface area contributed by atoms with Crippen LogP contribution in [0.1, 0.15) is 5.56 Å². The van der Waals surface area contributed by atoms with Crippen molar-refractivity contribution in [1.82, 2.24) is 0 Å². The van der Waals surface area contributed by atoms with Gasteiger partial charge in [-0.3, -0.25) is 0 Å². The number of hydrogen-bond acceptors (Lipinski definition) is 4. The number of ether oxygens (including phenoxy) is 2. The van der Waals surface area contributed by atoms with E-state index >= 15 is 0 Å². The molecule has 0 atom stereocenters. The first kappa shape index (κ1) is 15.2. The molecule has 0 heterocycles. The highest BCUT2D eigenvalue weighted by Gasteiger charge is 1.98. The smallest absolute Gasteiger partial charge is 0.122 e. The summed E-state index contributed by atoms with van der Waals surface area (Å²) in [5.74, 6) is 1.70. The Kier molecular flexibility index (Phi) is 5.91. The van der Waals surface area contributed by atoms with Crippen LogP contribution in [0.3, 0.4) is 0 Å². The van der Waals surface area contributed by atoms with Gasteiger partial charge in [-0.05, 0) is 36.8 Å². The van der Waals surface area contributed by atoms with Crippen molar-refractivity contribution in [2.75, 3.05) is 31.6 Å². The van der Waals surface area contributed by atoms with Crippen LogP contribution in [0.2, 0.25) is 0 Å². The van der Waals surface area contributed by atoms with Crippen molar-refractivity contribution in [1.29, 1.82) is 0 Å². The zero-order valence-electron chi connectivity index (χ0n) is 12.3. The highest BCUT2D eigenvalue weighted by atomic mass is 16.5. The van der Waals surface area contributed by atoms with Gasteiger partial charge in [0, 0.05) is 24.8 Å². The molecule has 0 amide bonds. The number of nitrogens with one attached hydrogen (secondary N) is 1. The molecule has 2 rings (SSSR count). The van der Waals surface area contributed by atoms with Gasteiger partial charge in [-0.2, -0.15) is 0 Å². The van der Waals surface area contributed by atoms with Crippen LogP contribution in [0.15, 0.2) is 48.5 Å². The van der Waals surface area contributed by atoms with E-state index in [1.54, 1.807) is 0 Å². The quantitative estimate of drug-likeness (QED) is 0.733. The van der Waals surface area contributed by atoms with Gasteiger partial charge in [0.05, 0.1) is 0 Å². The van der Waals surface area contributed by atoms with E-state index in [9.17, 15) is 0 Å². The normalized spacial score (nSPS) is 10.2. The number of benzene rings is 2. The highest BCUT2D eigenvalue weighted by molar-refractivity contribution is 5.48. The summed E-state index contributed by atoms with van der Waals surface area (Å²) in [5, 5.41) is 3.22. The van der Waals surface area contributed by atoms with E-state index in [1.165, 1.54) is 5.56 Å². The average Bonchev–Trinajstić information content (AvgIpc) is 2.50. The van der Waals surface area contributed by atoms with Gasteiger partial charge in [-0.15, -0.1) is 0 Å². The third-order valence-corrected chi connectivity index (χ3v) is 2.92. The van der Waals surface area contributed by atoms with E-state index in [2.05, 4.69) is 5.32 Å². The highest BCUT2D eigenvalue weighted by Crippen LogP contribution is 2.17. The first-order valence-electron chi connectivity index (χ1n) is 7.14. The Morgan fingerprint density at radius 1 is 0.952 bits per heavy atom. The number of anilines is 1. The van der Waals surface area contributed by atoms with Gasteiger partial charge in [-0.25, -0.2) is 0 Å². The molecule has 0 unspecified atom stereocenters. The molecule has 0 aliphatic carbocycles. The number of aryl methyl sites for hydroxylation is 1. The van der Waals surface area contributed by atoms with Crippen LogP contribution in [-0.2, 0) is 0 Å². The summed E-state index contributed by atoms with van der Waals surface area (Å²) in [4.78, 5) is 0. The van der Waals surface area contributed by atoms with Gasteiger partial charge in [0.15, 0.2) is 0 Å². The molecule has 0 aliphatic heterocycles. The summed E-state index contributed by atoms with van der Waals surface area (Å²) >= 11 is 0. The van der Waals surface area contributed by atoms with Crippen molar-refractivity contribution in [2.24, 2.45) is 5.73 Å². The van der Waals surface area contributed by atoms with Crippen LogP contribution >= 0.6 is 0 Å². The monoisotopic (exact) mass is 286 g/mol. The maximum absolute atomic E-state index is 5.68. The van der Waals surface area contributed by atoms with Crippen molar-refractivity contribution in [3.63, 3.8) is 0 Å². The second-order valence-corrected chi connectivity index (χ2v) is 4.76. The fourth-order valence-corrected chi connectivity index (χ4v) is 1.94. The second-order valence-electron chi connectivity index (χ2n) is 4.76. The van der Waals surface area contributed by atoms with Gasteiger partial charge < -0.3 is 20.5 Å². The van der Waals surface area contributed by atoms with E-state index in [4.69, 9.17) is 15.2 Å². The van der Waals surface area contributed by atoms with Crippen molar-refractivity contribution < 1.29 is 9.47 Å². The lowest BCUT2D eigenvalue weighted by atomic mass is 10.2. The molecule has 3 N–H and O–H groups in total. The summed E-state index contributed by atoms with van der Waals surface area (Å²) in [5.41, 5.74) is 7.67. The molecule has 0 aromatic heterocycles. The van der Waals surface area contributed by atoms with Crippen molar-refractivity contribution in [2.45, 2.75) is 6.92 Å². The lowest BCUT2D eigenvalue weighted by Gasteiger charge is -2.10. The molecule has 0 spiro atoms. The minimum Gasteiger partial charge on any atom is -0.490 e. The maximum atomic E-state index is 5.68. The van der Waals surface area contributed by atoms with Crippen molar-refractivity contribution >= 4 is 5.69 Å². The molecule has 4 heteroatoms. The zero-order chi connectivity index (χ0) is 14.9. The minimum atomic E-state index is 0.508. The molecule has 112 valence electrons. The summed E-state index contributed by atoms with van der Waals surface area (Å²) in [6.45, 7) is 4.43. The van der Waals surface area contributed by atoms with Crippen LogP contribution in [0.25, 0.3) is 0 Å². The first-order chi connectivity index (χ1) is 10.3. The van der Waals surface area contributed by atoms with Crippen LogP contribution in [0.5, 0.6) is 11.5 Å². The molecule has 0 saturated heterocycles. The maximum Gasteiger partial charge on any atom is 0.122 e. The molecular weight excluding hydrogens is 264 g/mol. The summed E-state index contributed by atoms with van der Waals surface area (Å²) in [7, 11) is 0. The molecule has 21 heavy (non-hydrogen) atoms. The second kappa shape index (κ2) is 8.17. The lowest BCUT2D eigenvalue weighted by molar-refractivity contribution is 0.217. The summed E-state index contributed by atoms with van der Waals surface area (Å²) in [6.07, 6.45) is 0. The van der Waals surface area contributed by atoms with E-state index in [0.717, 1.165) is 23.7 Å².